The summed E-state index contributed by atoms with van der Waals surface area (Å²) in [5.41, 5.74) is 0. The molecular weight excluding hydrogens is 186 g/mol. The van der Waals surface area contributed by atoms with Gasteiger partial charge in [-0.1, -0.05) is 13.8 Å². The minimum atomic E-state index is -0.973. The van der Waals surface area contributed by atoms with E-state index in [0.29, 0.717) is 0 Å². The van der Waals surface area contributed by atoms with Crippen molar-refractivity contribution in [1.29, 1.82) is 0 Å². The van der Waals surface area contributed by atoms with Crippen molar-refractivity contribution in [1.82, 2.24) is 5.32 Å². The lowest BCUT2D eigenvalue weighted by atomic mass is 9.91. The van der Waals surface area contributed by atoms with Gasteiger partial charge in [0.05, 0.1) is 5.92 Å². The Kier molecular flexibility index (Phi) is 3.10. The molecule has 0 bridgehead atoms. The maximum atomic E-state index is 10.9. The Morgan fingerprint density at radius 2 is 1.86 bits per heavy atom. The lowest BCUT2D eigenvalue weighted by Gasteiger charge is -2.19. The van der Waals surface area contributed by atoms with Gasteiger partial charge in [-0.05, 0) is 12.3 Å². The molecule has 3 N–H and O–H groups in total. The van der Waals surface area contributed by atoms with Crippen LogP contribution in [-0.4, -0.2) is 34.2 Å². The number of carbonyl (C=O) groups is 2. The Balaban J connectivity index is 2.75. The molecule has 0 aliphatic carbocycles. The van der Waals surface area contributed by atoms with Crippen molar-refractivity contribution < 1.29 is 19.8 Å². The molecule has 1 saturated heterocycles. The standard InChI is InChI=1S/C9H15NO4/c1-4(2)7-5(8(11)12)3-6(10-7)9(13)14/h4-7,10H,3H2,1-2H3,(H,11,12)(H,13,14). The molecule has 1 aliphatic heterocycles. The summed E-state index contributed by atoms with van der Waals surface area (Å²) in [5, 5.41) is 20.5. The SMILES string of the molecule is CC(C)C1NC(C(=O)O)CC1C(=O)O. The quantitative estimate of drug-likeness (QED) is 0.605. The maximum absolute atomic E-state index is 10.9. The zero-order chi connectivity index (χ0) is 10.9. The van der Waals surface area contributed by atoms with Crippen LogP contribution in [-0.2, 0) is 9.59 Å². The van der Waals surface area contributed by atoms with Gasteiger partial charge < -0.3 is 15.5 Å². The second kappa shape index (κ2) is 3.96. The first-order chi connectivity index (χ1) is 6.43. The summed E-state index contributed by atoms with van der Waals surface area (Å²) in [5.74, 6) is -2.35. The lowest BCUT2D eigenvalue weighted by molar-refractivity contribution is -0.142. The largest absolute Gasteiger partial charge is 0.481 e. The van der Waals surface area contributed by atoms with Crippen molar-refractivity contribution in [2.24, 2.45) is 11.8 Å². The molecule has 5 nitrogen and oxygen atoms in total. The number of rotatable bonds is 3. The number of carboxylic acids is 2. The number of aliphatic carboxylic acids is 2. The Morgan fingerprint density at radius 1 is 1.29 bits per heavy atom. The molecule has 0 aromatic heterocycles. The number of hydrogen-bond acceptors (Lipinski definition) is 3. The van der Waals surface area contributed by atoms with Gasteiger partial charge >= 0.3 is 11.9 Å². The number of carboxylic acid groups (broad SMARTS) is 2. The van der Waals surface area contributed by atoms with Crippen LogP contribution in [0.1, 0.15) is 20.3 Å². The fourth-order valence-corrected chi connectivity index (χ4v) is 1.90. The maximum Gasteiger partial charge on any atom is 0.320 e. The number of nitrogens with one attached hydrogen (secondary N) is 1. The van der Waals surface area contributed by atoms with Crippen molar-refractivity contribution in [2.45, 2.75) is 32.4 Å². The second-order valence-corrected chi connectivity index (χ2v) is 4.01. The van der Waals surface area contributed by atoms with E-state index in [2.05, 4.69) is 5.32 Å². The molecule has 0 aromatic carbocycles. The third-order valence-corrected chi connectivity index (χ3v) is 2.65. The van der Waals surface area contributed by atoms with Gasteiger partial charge in [-0.15, -0.1) is 0 Å². The van der Waals surface area contributed by atoms with E-state index in [0.717, 1.165) is 0 Å². The third-order valence-electron chi connectivity index (χ3n) is 2.65. The van der Waals surface area contributed by atoms with E-state index in [1.54, 1.807) is 0 Å². The summed E-state index contributed by atoms with van der Waals surface area (Å²) in [7, 11) is 0. The van der Waals surface area contributed by atoms with E-state index >= 15 is 0 Å². The molecule has 1 aliphatic rings. The number of hydrogen-bond donors (Lipinski definition) is 3. The molecular formula is C9H15NO4. The van der Waals surface area contributed by atoms with Gasteiger partial charge in [0.25, 0.3) is 0 Å². The fraction of sp³-hybridized carbons (Fsp3) is 0.778. The average Bonchev–Trinajstić information content (AvgIpc) is 2.47. The summed E-state index contributed by atoms with van der Waals surface area (Å²) >= 11 is 0. The van der Waals surface area contributed by atoms with Crippen molar-refractivity contribution in [3.05, 3.63) is 0 Å². The Bertz CT molecular complexity index is 251. The fourth-order valence-electron chi connectivity index (χ4n) is 1.90. The van der Waals surface area contributed by atoms with Crippen LogP contribution in [0.5, 0.6) is 0 Å². The van der Waals surface area contributed by atoms with Crippen LogP contribution in [0.3, 0.4) is 0 Å². The van der Waals surface area contributed by atoms with Gasteiger partial charge in [-0.25, -0.2) is 0 Å². The van der Waals surface area contributed by atoms with Gasteiger partial charge in [-0.2, -0.15) is 0 Å². The van der Waals surface area contributed by atoms with Crippen molar-refractivity contribution in [3.63, 3.8) is 0 Å². The summed E-state index contributed by atoms with van der Waals surface area (Å²) < 4.78 is 0. The molecule has 1 heterocycles. The first kappa shape index (κ1) is 11.0. The third kappa shape index (κ3) is 2.04. The average molecular weight is 201 g/mol. The van der Waals surface area contributed by atoms with Crippen molar-refractivity contribution in [2.75, 3.05) is 0 Å². The highest BCUT2D eigenvalue weighted by molar-refractivity contribution is 5.78. The summed E-state index contributed by atoms with van der Waals surface area (Å²) in [4.78, 5) is 21.5. The topological polar surface area (TPSA) is 86.6 Å². The molecule has 14 heavy (non-hydrogen) atoms. The molecule has 0 spiro atoms. The van der Waals surface area contributed by atoms with Crippen LogP contribution < -0.4 is 5.32 Å². The molecule has 3 atom stereocenters. The highest BCUT2D eigenvalue weighted by atomic mass is 16.4. The Labute approximate surface area is 82.1 Å². The van der Waals surface area contributed by atoms with Gasteiger partial charge in [-0.3, -0.25) is 9.59 Å². The Hall–Kier alpha value is -1.10. The van der Waals surface area contributed by atoms with E-state index in [-0.39, 0.29) is 18.4 Å². The molecule has 1 rings (SSSR count). The molecule has 0 aromatic rings. The van der Waals surface area contributed by atoms with E-state index in [1.807, 2.05) is 13.8 Å². The van der Waals surface area contributed by atoms with Crippen molar-refractivity contribution >= 4 is 11.9 Å². The lowest BCUT2D eigenvalue weighted by Crippen LogP contribution is -2.40. The summed E-state index contributed by atoms with van der Waals surface area (Å²) in [6.45, 7) is 3.77. The van der Waals surface area contributed by atoms with Crippen LogP contribution in [0.4, 0.5) is 0 Å². The monoisotopic (exact) mass is 201 g/mol. The molecule has 5 heteroatoms. The minimum absolute atomic E-state index is 0.125. The van der Waals surface area contributed by atoms with Gasteiger partial charge in [0, 0.05) is 6.04 Å². The van der Waals surface area contributed by atoms with Crippen LogP contribution >= 0.6 is 0 Å². The Morgan fingerprint density at radius 3 is 2.14 bits per heavy atom. The zero-order valence-corrected chi connectivity index (χ0v) is 8.23. The molecule has 1 fully saturated rings. The first-order valence-electron chi connectivity index (χ1n) is 4.65. The van der Waals surface area contributed by atoms with Crippen LogP contribution in [0.2, 0.25) is 0 Å². The summed E-state index contributed by atoms with van der Waals surface area (Å²) in [6, 6.07) is -0.961. The van der Waals surface area contributed by atoms with Crippen molar-refractivity contribution in [3.8, 4) is 0 Å². The van der Waals surface area contributed by atoms with E-state index in [9.17, 15) is 9.59 Å². The molecule has 80 valence electrons. The van der Waals surface area contributed by atoms with Crippen LogP contribution in [0, 0.1) is 11.8 Å². The molecule has 3 unspecified atom stereocenters. The highest BCUT2D eigenvalue weighted by Gasteiger charge is 2.42. The smallest absolute Gasteiger partial charge is 0.320 e. The summed E-state index contributed by atoms with van der Waals surface area (Å²) in [6.07, 6.45) is 0.174. The first-order valence-corrected chi connectivity index (χ1v) is 4.65. The molecule has 0 amide bonds. The highest BCUT2D eigenvalue weighted by Crippen LogP contribution is 2.26. The predicted molar refractivity (Wildman–Crippen MR) is 48.9 cm³/mol. The van der Waals surface area contributed by atoms with Gasteiger partial charge in [0.1, 0.15) is 6.04 Å². The molecule has 0 radical (unpaired) electrons. The van der Waals surface area contributed by atoms with Crippen LogP contribution in [0.15, 0.2) is 0 Å². The minimum Gasteiger partial charge on any atom is -0.481 e. The van der Waals surface area contributed by atoms with E-state index < -0.39 is 23.9 Å². The van der Waals surface area contributed by atoms with Crippen LogP contribution in [0.25, 0.3) is 0 Å². The predicted octanol–water partition coefficient (Wildman–Crippen LogP) is 0.158. The zero-order valence-electron chi connectivity index (χ0n) is 8.23. The van der Waals surface area contributed by atoms with Gasteiger partial charge in [0.2, 0.25) is 0 Å². The van der Waals surface area contributed by atoms with E-state index in [1.165, 1.54) is 0 Å². The van der Waals surface area contributed by atoms with E-state index in [4.69, 9.17) is 10.2 Å². The molecule has 0 saturated carbocycles. The van der Waals surface area contributed by atoms with Gasteiger partial charge in [0.15, 0.2) is 0 Å². The second-order valence-electron chi connectivity index (χ2n) is 4.01. The normalized spacial score (nSPS) is 32.1.